The Labute approximate surface area is 95.0 Å². The molecule has 0 spiro atoms. The molecule has 1 nitrogen and oxygen atoms in total. The minimum atomic E-state index is 0.409. The molecular weight excluding hydrogens is 196 g/mol. The van der Waals surface area contributed by atoms with Crippen molar-refractivity contribution in [2.75, 3.05) is 0 Å². The van der Waals surface area contributed by atoms with Gasteiger partial charge in [-0.25, -0.2) is 0 Å². The van der Waals surface area contributed by atoms with E-state index in [-0.39, 0.29) is 0 Å². The normalized spacial score (nSPS) is 15.4. The van der Waals surface area contributed by atoms with E-state index in [4.69, 9.17) is 0 Å². The van der Waals surface area contributed by atoms with Gasteiger partial charge in [0.2, 0.25) is 0 Å². The Morgan fingerprint density at radius 1 is 1.00 bits per heavy atom. The van der Waals surface area contributed by atoms with Crippen LogP contribution in [-0.2, 0) is 0 Å². The lowest BCUT2D eigenvalue weighted by atomic mass is 9.97. The monoisotopic (exact) mass is 210 g/mol. The van der Waals surface area contributed by atoms with Gasteiger partial charge < -0.3 is 5.11 Å². The third kappa shape index (κ3) is 1.40. The zero-order chi connectivity index (χ0) is 11.0. The van der Waals surface area contributed by atoms with Crippen molar-refractivity contribution in [3.05, 3.63) is 48.0 Å². The molecule has 0 bridgehead atoms. The molecule has 2 aromatic carbocycles. The number of phenolic OH excluding ortho intramolecular Hbond substituents is 1. The van der Waals surface area contributed by atoms with Crippen molar-refractivity contribution in [3.63, 3.8) is 0 Å². The van der Waals surface area contributed by atoms with Crippen molar-refractivity contribution in [1.29, 1.82) is 0 Å². The van der Waals surface area contributed by atoms with Crippen LogP contribution in [0.5, 0.6) is 5.75 Å². The van der Waals surface area contributed by atoms with Gasteiger partial charge in [0.15, 0.2) is 0 Å². The van der Waals surface area contributed by atoms with Crippen molar-refractivity contribution in [1.82, 2.24) is 0 Å². The summed E-state index contributed by atoms with van der Waals surface area (Å²) in [5, 5.41) is 12.4. The number of phenols is 1. The van der Waals surface area contributed by atoms with Crippen molar-refractivity contribution >= 4 is 16.3 Å². The second kappa shape index (κ2) is 3.67. The average Bonchev–Trinajstić information content (AvgIpc) is 2.82. The molecule has 0 saturated carbocycles. The van der Waals surface area contributed by atoms with E-state index in [9.17, 15) is 5.11 Å². The van der Waals surface area contributed by atoms with Gasteiger partial charge in [-0.2, -0.15) is 0 Å². The highest BCUT2D eigenvalue weighted by Crippen LogP contribution is 2.38. The molecule has 0 aliphatic heterocycles. The fourth-order valence-electron chi connectivity index (χ4n) is 2.50. The smallest absolute Gasteiger partial charge is 0.123 e. The Morgan fingerprint density at radius 2 is 1.88 bits per heavy atom. The van der Waals surface area contributed by atoms with E-state index in [1.54, 1.807) is 6.07 Å². The van der Waals surface area contributed by atoms with Crippen LogP contribution in [0.1, 0.15) is 24.8 Å². The van der Waals surface area contributed by atoms with Crippen LogP contribution in [0.3, 0.4) is 0 Å². The summed E-state index contributed by atoms with van der Waals surface area (Å²) in [4.78, 5) is 0. The topological polar surface area (TPSA) is 20.2 Å². The highest BCUT2D eigenvalue weighted by molar-refractivity contribution is 5.96. The van der Waals surface area contributed by atoms with Crippen molar-refractivity contribution in [3.8, 4) is 5.75 Å². The molecule has 0 radical (unpaired) electrons. The maximum atomic E-state index is 10.0. The molecule has 1 N–H and O–H groups in total. The maximum Gasteiger partial charge on any atom is 0.123 e. The Morgan fingerprint density at radius 3 is 2.69 bits per heavy atom. The fraction of sp³-hybridized carbons (Fsp3) is 0.200. The Bertz CT molecular complexity index is 567. The van der Waals surface area contributed by atoms with E-state index in [1.807, 2.05) is 18.2 Å². The van der Waals surface area contributed by atoms with Gasteiger partial charge in [-0.1, -0.05) is 36.4 Å². The summed E-state index contributed by atoms with van der Waals surface area (Å²) in [7, 11) is 0. The van der Waals surface area contributed by atoms with Gasteiger partial charge in [-0.15, -0.1) is 0 Å². The number of rotatable bonds is 1. The molecular formula is C15H14O. The van der Waals surface area contributed by atoms with Crippen molar-refractivity contribution in [2.24, 2.45) is 0 Å². The zero-order valence-electron chi connectivity index (χ0n) is 9.11. The number of allylic oxidation sites excluding steroid dienone is 2. The summed E-state index contributed by atoms with van der Waals surface area (Å²) in [6, 6.07) is 12.0. The molecule has 16 heavy (non-hydrogen) atoms. The molecule has 80 valence electrons. The van der Waals surface area contributed by atoms with E-state index in [1.165, 1.54) is 17.4 Å². The van der Waals surface area contributed by atoms with Gasteiger partial charge in [0.25, 0.3) is 0 Å². The zero-order valence-corrected chi connectivity index (χ0v) is 9.11. The Hall–Kier alpha value is -1.76. The van der Waals surface area contributed by atoms with Crippen LogP contribution in [0.2, 0.25) is 0 Å². The quantitative estimate of drug-likeness (QED) is 0.750. The van der Waals surface area contributed by atoms with Gasteiger partial charge in [0.1, 0.15) is 5.75 Å². The van der Waals surface area contributed by atoms with Crippen LogP contribution in [-0.4, -0.2) is 5.11 Å². The molecule has 0 aromatic heterocycles. The van der Waals surface area contributed by atoms with E-state index in [0.717, 1.165) is 23.8 Å². The molecule has 0 atom stereocenters. The lowest BCUT2D eigenvalue weighted by Gasteiger charge is -2.09. The van der Waals surface area contributed by atoms with E-state index in [0.29, 0.717) is 5.75 Å². The van der Waals surface area contributed by atoms with Gasteiger partial charge in [-0.05, 0) is 41.7 Å². The van der Waals surface area contributed by atoms with Gasteiger partial charge >= 0.3 is 0 Å². The van der Waals surface area contributed by atoms with Crippen LogP contribution in [0, 0.1) is 0 Å². The van der Waals surface area contributed by atoms with Gasteiger partial charge in [0.05, 0.1) is 0 Å². The summed E-state index contributed by atoms with van der Waals surface area (Å²) >= 11 is 0. The molecule has 2 aromatic rings. The number of benzene rings is 2. The second-order valence-corrected chi connectivity index (χ2v) is 4.30. The number of hydrogen-bond donors (Lipinski definition) is 1. The summed E-state index contributed by atoms with van der Waals surface area (Å²) in [6.45, 7) is 0. The summed E-state index contributed by atoms with van der Waals surface area (Å²) in [6.07, 6.45) is 5.68. The minimum Gasteiger partial charge on any atom is -0.507 e. The van der Waals surface area contributed by atoms with Crippen molar-refractivity contribution < 1.29 is 5.11 Å². The first-order valence-electron chi connectivity index (χ1n) is 5.76. The predicted molar refractivity (Wildman–Crippen MR) is 67.4 cm³/mol. The standard InChI is InChI=1S/C15H14O/c16-14-10-9-11-5-3-4-8-13(11)15(14)12-6-1-2-7-12/h3-6,8-10,16H,1-2,7H2. The number of hydrogen-bond acceptors (Lipinski definition) is 1. The highest BCUT2D eigenvalue weighted by atomic mass is 16.3. The molecule has 1 heteroatoms. The van der Waals surface area contributed by atoms with Gasteiger partial charge in [0, 0.05) is 5.56 Å². The fourth-order valence-corrected chi connectivity index (χ4v) is 2.50. The largest absolute Gasteiger partial charge is 0.507 e. The number of fused-ring (bicyclic) bond motifs is 1. The third-order valence-corrected chi connectivity index (χ3v) is 3.27. The van der Waals surface area contributed by atoms with E-state index < -0.39 is 0 Å². The minimum absolute atomic E-state index is 0.409. The van der Waals surface area contributed by atoms with Crippen molar-refractivity contribution in [2.45, 2.75) is 19.3 Å². The summed E-state index contributed by atoms with van der Waals surface area (Å²) in [5.41, 5.74) is 2.34. The second-order valence-electron chi connectivity index (χ2n) is 4.30. The van der Waals surface area contributed by atoms with Crippen LogP contribution in [0.4, 0.5) is 0 Å². The molecule has 0 fully saturated rings. The molecule has 1 aliphatic rings. The lowest BCUT2D eigenvalue weighted by Crippen LogP contribution is -1.85. The lowest BCUT2D eigenvalue weighted by molar-refractivity contribution is 0.474. The summed E-state index contributed by atoms with van der Waals surface area (Å²) in [5.74, 6) is 0.409. The molecule has 3 rings (SSSR count). The van der Waals surface area contributed by atoms with Crippen LogP contribution in [0.25, 0.3) is 16.3 Å². The highest BCUT2D eigenvalue weighted by Gasteiger charge is 2.14. The van der Waals surface area contributed by atoms with E-state index >= 15 is 0 Å². The SMILES string of the molecule is Oc1ccc2ccccc2c1C1=CCCC1. The van der Waals surface area contributed by atoms with Crippen LogP contribution in [0.15, 0.2) is 42.5 Å². The van der Waals surface area contributed by atoms with E-state index in [2.05, 4.69) is 18.2 Å². The average molecular weight is 210 g/mol. The molecule has 1 aliphatic carbocycles. The molecule has 0 saturated heterocycles. The molecule has 0 amide bonds. The first-order valence-corrected chi connectivity index (χ1v) is 5.76. The first kappa shape index (κ1) is 9.46. The summed E-state index contributed by atoms with van der Waals surface area (Å²) < 4.78 is 0. The number of aromatic hydroxyl groups is 1. The van der Waals surface area contributed by atoms with Gasteiger partial charge in [-0.3, -0.25) is 0 Å². The Kier molecular flexibility index (Phi) is 2.17. The Balaban J connectivity index is 2.32. The predicted octanol–water partition coefficient (Wildman–Crippen LogP) is 4.11. The van der Waals surface area contributed by atoms with Crippen LogP contribution < -0.4 is 0 Å². The molecule has 0 heterocycles. The maximum absolute atomic E-state index is 10.0. The van der Waals surface area contributed by atoms with Crippen LogP contribution >= 0.6 is 0 Å². The first-order chi connectivity index (χ1) is 7.86. The third-order valence-electron chi connectivity index (χ3n) is 3.27. The molecule has 0 unspecified atom stereocenters.